The van der Waals surface area contributed by atoms with Gasteiger partial charge in [-0.15, -0.1) is 0 Å². The summed E-state index contributed by atoms with van der Waals surface area (Å²) in [6.07, 6.45) is 16.8. The summed E-state index contributed by atoms with van der Waals surface area (Å²) in [4.78, 5) is 2.60. The second kappa shape index (κ2) is 6.82. The molecule has 3 atom stereocenters. The summed E-state index contributed by atoms with van der Waals surface area (Å²) in [5.74, 6) is 1.13. The van der Waals surface area contributed by atoms with E-state index in [1.165, 1.54) is 16.8 Å². The molecule has 2 heteroatoms. The Morgan fingerprint density at radius 2 is 2.04 bits per heavy atom. The number of para-hydroxylation sites is 1. The van der Waals surface area contributed by atoms with E-state index in [4.69, 9.17) is 0 Å². The van der Waals surface area contributed by atoms with Crippen LogP contribution in [-0.4, -0.2) is 25.7 Å². The van der Waals surface area contributed by atoms with E-state index in [1.807, 2.05) is 0 Å². The standard InChI is InChI=1S/C22H26N2/c1-17(14-23-15-18-8-2-3-9-18)16-24-21-12-6-4-10-19(21)20-11-5-7-13-22(20)24/h2-8,10-13,17,19,21,23H,9,14-16H2,1H3. The Kier molecular flexibility index (Phi) is 4.40. The Morgan fingerprint density at radius 1 is 1.17 bits per heavy atom. The smallest absolute Gasteiger partial charge is 0.0580 e. The molecule has 1 N–H and O–H groups in total. The summed E-state index contributed by atoms with van der Waals surface area (Å²) in [7, 11) is 0. The zero-order valence-corrected chi connectivity index (χ0v) is 14.4. The third-order valence-electron chi connectivity index (χ3n) is 5.27. The highest BCUT2D eigenvalue weighted by Gasteiger charge is 2.36. The van der Waals surface area contributed by atoms with Crippen LogP contribution in [0.4, 0.5) is 5.69 Å². The number of anilines is 1. The van der Waals surface area contributed by atoms with E-state index in [0.717, 1.165) is 26.1 Å². The molecule has 4 rings (SSSR count). The molecular weight excluding hydrogens is 292 g/mol. The van der Waals surface area contributed by atoms with Crippen molar-refractivity contribution in [2.45, 2.75) is 25.3 Å². The minimum absolute atomic E-state index is 0.483. The second-order valence-electron chi connectivity index (χ2n) is 7.19. The quantitative estimate of drug-likeness (QED) is 0.846. The van der Waals surface area contributed by atoms with Crippen LogP contribution >= 0.6 is 0 Å². The molecule has 0 amide bonds. The lowest BCUT2D eigenvalue weighted by molar-refractivity contribution is 0.501. The molecule has 1 aliphatic heterocycles. The average Bonchev–Trinajstić information content (AvgIpc) is 3.23. The molecule has 3 unspecified atom stereocenters. The molecule has 0 spiro atoms. The molecule has 2 nitrogen and oxygen atoms in total. The SMILES string of the molecule is CC(CNCC1=CC=CC1)CN1c2ccccc2C2C=CC=CC21. The molecule has 124 valence electrons. The molecular formula is C22H26N2. The Balaban J connectivity index is 1.39. The first-order chi connectivity index (χ1) is 11.8. The van der Waals surface area contributed by atoms with Gasteiger partial charge in [-0.1, -0.05) is 73.2 Å². The maximum absolute atomic E-state index is 3.63. The average molecular weight is 318 g/mol. The first kappa shape index (κ1) is 15.5. The van der Waals surface area contributed by atoms with Crippen molar-refractivity contribution in [1.29, 1.82) is 0 Å². The number of nitrogens with zero attached hydrogens (tertiary/aromatic N) is 1. The van der Waals surface area contributed by atoms with Gasteiger partial charge in [0.2, 0.25) is 0 Å². The van der Waals surface area contributed by atoms with Gasteiger partial charge >= 0.3 is 0 Å². The number of allylic oxidation sites excluding steroid dienone is 5. The molecule has 0 aromatic heterocycles. The van der Waals surface area contributed by atoms with Crippen LogP contribution < -0.4 is 10.2 Å². The van der Waals surface area contributed by atoms with E-state index in [0.29, 0.717) is 17.9 Å². The van der Waals surface area contributed by atoms with Crippen LogP contribution in [0.5, 0.6) is 0 Å². The fourth-order valence-corrected chi connectivity index (χ4v) is 4.09. The first-order valence-electron chi connectivity index (χ1n) is 9.09. The third-order valence-corrected chi connectivity index (χ3v) is 5.27. The summed E-state index contributed by atoms with van der Waals surface area (Å²) in [5.41, 5.74) is 4.39. The van der Waals surface area contributed by atoms with Gasteiger partial charge in [0.1, 0.15) is 0 Å². The molecule has 1 aromatic carbocycles. The maximum atomic E-state index is 3.63. The van der Waals surface area contributed by atoms with Crippen LogP contribution in [-0.2, 0) is 0 Å². The van der Waals surface area contributed by atoms with E-state index >= 15 is 0 Å². The van der Waals surface area contributed by atoms with Crippen LogP contribution in [0.1, 0.15) is 24.8 Å². The predicted molar refractivity (Wildman–Crippen MR) is 102 cm³/mol. The first-order valence-corrected chi connectivity index (χ1v) is 9.09. The summed E-state index contributed by atoms with van der Waals surface area (Å²) in [5, 5.41) is 3.63. The van der Waals surface area contributed by atoms with Gasteiger partial charge in [-0.05, 0) is 30.5 Å². The summed E-state index contributed by atoms with van der Waals surface area (Å²) >= 11 is 0. The zero-order chi connectivity index (χ0) is 16.4. The lowest BCUT2D eigenvalue weighted by atomic mass is 9.91. The summed E-state index contributed by atoms with van der Waals surface area (Å²) in [6, 6.07) is 9.39. The van der Waals surface area contributed by atoms with Gasteiger partial charge in [0.05, 0.1) is 6.04 Å². The summed E-state index contributed by atoms with van der Waals surface area (Å²) in [6.45, 7) is 5.53. The molecule has 2 aliphatic carbocycles. The Morgan fingerprint density at radius 3 is 2.92 bits per heavy atom. The van der Waals surface area contributed by atoms with Gasteiger partial charge in [-0.2, -0.15) is 0 Å². The fourth-order valence-electron chi connectivity index (χ4n) is 4.09. The predicted octanol–water partition coefficient (Wildman–Crippen LogP) is 4.20. The van der Waals surface area contributed by atoms with Crippen molar-refractivity contribution in [3.63, 3.8) is 0 Å². The van der Waals surface area contributed by atoms with Gasteiger partial charge in [0, 0.05) is 24.7 Å². The van der Waals surface area contributed by atoms with Gasteiger partial charge < -0.3 is 10.2 Å². The molecule has 0 bridgehead atoms. The zero-order valence-electron chi connectivity index (χ0n) is 14.4. The van der Waals surface area contributed by atoms with Crippen LogP contribution in [0.2, 0.25) is 0 Å². The molecule has 0 radical (unpaired) electrons. The molecule has 3 aliphatic rings. The Bertz CT molecular complexity index is 710. The van der Waals surface area contributed by atoms with Crippen molar-refractivity contribution in [1.82, 2.24) is 5.32 Å². The van der Waals surface area contributed by atoms with Gasteiger partial charge in [0.25, 0.3) is 0 Å². The van der Waals surface area contributed by atoms with Crippen LogP contribution in [0.25, 0.3) is 0 Å². The monoisotopic (exact) mass is 318 g/mol. The van der Waals surface area contributed by atoms with Crippen molar-refractivity contribution >= 4 is 5.69 Å². The Labute approximate surface area is 145 Å². The van der Waals surface area contributed by atoms with Crippen molar-refractivity contribution in [2.75, 3.05) is 24.5 Å². The lowest BCUT2D eigenvalue weighted by Gasteiger charge is -2.31. The number of rotatable bonds is 6. The van der Waals surface area contributed by atoms with Crippen molar-refractivity contribution in [3.05, 3.63) is 77.9 Å². The van der Waals surface area contributed by atoms with E-state index < -0.39 is 0 Å². The van der Waals surface area contributed by atoms with E-state index in [9.17, 15) is 0 Å². The largest absolute Gasteiger partial charge is 0.364 e. The molecule has 1 aromatic rings. The normalized spacial score (nSPS) is 24.9. The van der Waals surface area contributed by atoms with Crippen LogP contribution in [0, 0.1) is 5.92 Å². The summed E-state index contributed by atoms with van der Waals surface area (Å²) < 4.78 is 0. The van der Waals surface area contributed by atoms with E-state index in [1.54, 1.807) is 0 Å². The highest BCUT2D eigenvalue weighted by atomic mass is 15.2. The minimum Gasteiger partial charge on any atom is -0.364 e. The number of hydrogen-bond donors (Lipinski definition) is 1. The van der Waals surface area contributed by atoms with Crippen molar-refractivity contribution in [3.8, 4) is 0 Å². The molecule has 0 fully saturated rings. The lowest BCUT2D eigenvalue weighted by Crippen LogP contribution is -2.39. The van der Waals surface area contributed by atoms with E-state index in [2.05, 4.69) is 83.9 Å². The highest BCUT2D eigenvalue weighted by molar-refractivity contribution is 5.65. The molecule has 24 heavy (non-hydrogen) atoms. The maximum Gasteiger partial charge on any atom is 0.0580 e. The second-order valence-corrected chi connectivity index (χ2v) is 7.19. The van der Waals surface area contributed by atoms with Gasteiger partial charge in [-0.3, -0.25) is 0 Å². The van der Waals surface area contributed by atoms with E-state index in [-0.39, 0.29) is 0 Å². The number of hydrogen-bond acceptors (Lipinski definition) is 2. The van der Waals surface area contributed by atoms with Gasteiger partial charge in [-0.25, -0.2) is 0 Å². The van der Waals surface area contributed by atoms with Crippen molar-refractivity contribution < 1.29 is 0 Å². The van der Waals surface area contributed by atoms with Crippen LogP contribution in [0.3, 0.4) is 0 Å². The Hall–Kier alpha value is -2.06. The number of benzene rings is 1. The third kappa shape index (κ3) is 2.99. The fraction of sp³-hybridized carbons (Fsp3) is 0.364. The highest BCUT2D eigenvalue weighted by Crippen LogP contribution is 2.43. The van der Waals surface area contributed by atoms with Gasteiger partial charge in [0.15, 0.2) is 0 Å². The molecule has 0 saturated heterocycles. The van der Waals surface area contributed by atoms with Crippen molar-refractivity contribution in [2.24, 2.45) is 5.92 Å². The molecule has 0 saturated carbocycles. The topological polar surface area (TPSA) is 15.3 Å². The number of nitrogens with one attached hydrogen (secondary N) is 1. The molecule has 1 heterocycles. The van der Waals surface area contributed by atoms with Crippen LogP contribution in [0.15, 0.2) is 72.4 Å². The minimum atomic E-state index is 0.483. The number of fused-ring (bicyclic) bond motifs is 3.